The number of carbonyl (C=O) groups excluding carboxylic acids is 1. The van der Waals surface area contributed by atoms with E-state index in [2.05, 4.69) is 15.2 Å². The summed E-state index contributed by atoms with van der Waals surface area (Å²) in [6.45, 7) is 7.81. The van der Waals surface area contributed by atoms with Crippen LogP contribution in [0.4, 0.5) is 0 Å². The second-order valence-corrected chi connectivity index (χ2v) is 8.45. The first-order chi connectivity index (χ1) is 11.8. The summed E-state index contributed by atoms with van der Waals surface area (Å²) in [6, 6.07) is 0. The highest BCUT2D eigenvalue weighted by molar-refractivity contribution is 7.88. The molecule has 1 aliphatic rings. The lowest BCUT2D eigenvalue weighted by molar-refractivity contribution is -0.119. The maximum Gasteiger partial charge on any atom is 0.217 e. The maximum absolute atomic E-state index is 11.6. The van der Waals surface area contributed by atoms with Crippen molar-refractivity contribution in [3.8, 4) is 0 Å². The molecule has 8 nitrogen and oxygen atoms in total. The Morgan fingerprint density at radius 1 is 1.40 bits per heavy atom. The first-order valence-corrected chi connectivity index (χ1v) is 10.9. The molecular formula is C16H33N5O3S. The van der Waals surface area contributed by atoms with Crippen LogP contribution in [0.2, 0.25) is 0 Å². The third-order valence-corrected chi connectivity index (χ3v) is 5.67. The molecule has 0 saturated carbocycles. The number of carbonyl (C=O) groups is 1. The third kappa shape index (κ3) is 8.04. The number of nitrogens with two attached hydrogens (primary N) is 1. The van der Waals surface area contributed by atoms with Gasteiger partial charge in [-0.3, -0.25) is 9.79 Å². The maximum atomic E-state index is 11.6. The highest BCUT2D eigenvalue weighted by atomic mass is 32.2. The highest BCUT2D eigenvalue weighted by Crippen LogP contribution is 2.19. The van der Waals surface area contributed by atoms with Gasteiger partial charge in [0, 0.05) is 45.7 Å². The van der Waals surface area contributed by atoms with Crippen LogP contribution in [-0.2, 0) is 14.8 Å². The van der Waals surface area contributed by atoms with Gasteiger partial charge >= 0.3 is 0 Å². The number of amides is 1. The molecule has 0 aromatic heterocycles. The molecule has 0 aromatic rings. The Balaban J connectivity index is 2.59. The summed E-state index contributed by atoms with van der Waals surface area (Å²) in [7, 11) is -3.15. The van der Waals surface area contributed by atoms with Crippen molar-refractivity contribution < 1.29 is 13.2 Å². The van der Waals surface area contributed by atoms with Crippen LogP contribution >= 0.6 is 0 Å². The van der Waals surface area contributed by atoms with Crippen LogP contribution < -0.4 is 11.1 Å². The van der Waals surface area contributed by atoms with E-state index in [0.717, 1.165) is 38.4 Å². The van der Waals surface area contributed by atoms with Gasteiger partial charge in [-0.1, -0.05) is 6.92 Å². The van der Waals surface area contributed by atoms with Crippen LogP contribution in [0.1, 0.15) is 39.5 Å². The SMILES string of the molecule is CCNC(=NCCCN(CC)S(C)(=O)=O)N1CCCC(CC(N)=O)C1. The quantitative estimate of drug-likeness (QED) is 0.340. The number of aliphatic imine (C=N–C) groups is 1. The smallest absolute Gasteiger partial charge is 0.217 e. The van der Waals surface area contributed by atoms with Gasteiger partial charge < -0.3 is 16.0 Å². The molecule has 1 amide bonds. The summed E-state index contributed by atoms with van der Waals surface area (Å²) in [5.74, 6) is 0.851. The van der Waals surface area contributed by atoms with Gasteiger partial charge in [-0.05, 0) is 32.1 Å². The van der Waals surface area contributed by atoms with Crippen LogP contribution in [0.5, 0.6) is 0 Å². The monoisotopic (exact) mass is 375 g/mol. The van der Waals surface area contributed by atoms with E-state index >= 15 is 0 Å². The standard InChI is InChI=1S/C16H33N5O3S/c1-4-18-16(19-9-7-11-21(5-2)25(3,23)24)20-10-6-8-14(13-20)12-15(17)22/h14H,4-13H2,1-3H3,(H2,17,22)(H,18,19). The molecule has 146 valence electrons. The van der Waals surface area contributed by atoms with E-state index in [-0.39, 0.29) is 11.8 Å². The normalized spacial score (nSPS) is 19.3. The molecule has 0 radical (unpaired) electrons. The summed E-state index contributed by atoms with van der Waals surface area (Å²) >= 11 is 0. The van der Waals surface area contributed by atoms with Crippen molar-refractivity contribution in [2.45, 2.75) is 39.5 Å². The second-order valence-electron chi connectivity index (χ2n) is 6.47. The van der Waals surface area contributed by atoms with Crippen molar-refractivity contribution in [1.82, 2.24) is 14.5 Å². The Hall–Kier alpha value is -1.35. The fourth-order valence-corrected chi connectivity index (χ4v) is 4.05. The van der Waals surface area contributed by atoms with E-state index in [1.54, 1.807) is 0 Å². The van der Waals surface area contributed by atoms with E-state index in [1.165, 1.54) is 10.6 Å². The van der Waals surface area contributed by atoms with Crippen molar-refractivity contribution in [2.75, 3.05) is 45.5 Å². The fourth-order valence-electron chi connectivity index (χ4n) is 3.12. The highest BCUT2D eigenvalue weighted by Gasteiger charge is 2.23. The minimum absolute atomic E-state index is 0.255. The average Bonchev–Trinajstić information content (AvgIpc) is 2.52. The number of hydrogen-bond acceptors (Lipinski definition) is 4. The Kier molecular flexibility index (Phi) is 9.20. The predicted molar refractivity (Wildman–Crippen MR) is 101 cm³/mol. The van der Waals surface area contributed by atoms with Gasteiger partial charge in [-0.15, -0.1) is 0 Å². The molecule has 1 atom stereocenters. The summed E-state index contributed by atoms with van der Waals surface area (Å²) in [5, 5.41) is 3.29. The Labute approximate surface area is 151 Å². The van der Waals surface area contributed by atoms with Gasteiger partial charge in [0.25, 0.3) is 0 Å². The minimum Gasteiger partial charge on any atom is -0.370 e. The number of likely N-dealkylation sites (tertiary alicyclic amines) is 1. The largest absolute Gasteiger partial charge is 0.370 e. The average molecular weight is 376 g/mol. The Morgan fingerprint density at radius 3 is 2.68 bits per heavy atom. The van der Waals surface area contributed by atoms with Crippen LogP contribution in [-0.4, -0.2) is 75.0 Å². The molecule has 1 rings (SSSR count). The van der Waals surface area contributed by atoms with Gasteiger partial charge in [0.15, 0.2) is 5.96 Å². The lowest BCUT2D eigenvalue weighted by atomic mass is 9.95. The minimum atomic E-state index is -3.15. The molecule has 0 aromatic carbocycles. The zero-order chi connectivity index (χ0) is 18.9. The number of rotatable bonds is 9. The van der Waals surface area contributed by atoms with Gasteiger partial charge in [0.05, 0.1) is 6.26 Å². The second kappa shape index (κ2) is 10.6. The molecule has 1 fully saturated rings. The molecule has 0 aliphatic carbocycles. The lowest BCUT2D eigenvalue weighted by Gasteiger charge is -2.34. The number of nitrogens with one attached hydrogen (secondary N) is 1. The topological polar surface area (TPSA) is 108 Å². The molecule has 9 heteroatoms. The van der Waals surface area contributed by atoms with Crippen molar-refractivity contribution in [2.24, 2.45) is 16.6 Å². The molecule has 0 spiro atoms. The first kappa shape index (κ1) is 21.7. The van der Waals surface area contributed by atoms with Crippen molar-refractivity contribution >= 4 is 21.9 Å². The van der Waals surface area contributed by atoms with E-state index < -0.39 is 10.0 Å². The van der Waals surface area contributed by atoms with E-state index in [1.807, 2.05) is 13.8 Å². The summed E-state index contributed by atoms with van der Waals surface area (Å²) in [4.78, 5) is 18.0. The number of hydrogen-bond donors (Lipinski definition) is 2. The van der Waals surface area contributed by atoms with Gasteiger partial charge in [0.2, 0.25) is 15.9 Å². The van der Waals surface area contributed by atoms with Crippen molar-refractivity contribution in [1.29, 1.82) is 0 Å². The van der Waals surface area contributed by atoms with Gasteiger partial charge in [-0.25, -0.2) is 12.7 Å². The van der Waals surface area contributed by atoms with E-state index in [9.17, 15) is 13.2 Å². The van der Waals surface area contributed by atoms with E-state index in [4.69, 9.17) is 5.73 Å². The summed E-state index contributed by atoms with van der Waals surface area (Å²) in [6.07, 6.45) is 4.35. The molecule has 1 unspecified atom stereocenters. The molecule has 1 heterocycles. The Bertz CT molecular complexity index is 550. The van der Waals surface area contributed by atoms with Crippen LogP contribution in [0.25, 0.3) is 0 Å². The van der Waals surface area contributed by atoms with E-state index in [0.29, 0.717) is 32.5 Å². The van der Waals surface area contributed by atoms with Crippen LogP contribution in [0.15, 0.2) is 4.99 Å². The molecule has 0 bridgehead atoms. The van der Waals surface area contributed by atoms with Gasteiger partial charge in [0.1, 0.15) is 0 Å². The van der Waals surface area contributed by atoms with Crippen LogP contribution in [0, 0.1) is 5.92 Å². The Morgan fingerprint density at radius 2 is 2.12 bits per heavy atom. The molecule has 1 saturated heterocycles. The van der Waals surface area contributed by atoms with Gasteiger partial charge in [-0.2, -0.15) is 0 Å². The summed E-state index contributed by atoms with van der Waals surface area (Å²) < 4.78 is 24.7. The molecule has 1 aliphatic heterocycles. The van der Waals surface area contributed by atoms with Crippen LogP contribution in [0.3, 0.4) is 0 Å². The van der Waals surface area contributed by atoms with Crippen molar-refractivity contribution in [3.63, 3.8) is 0 Å². The molecule has 25 heavy (non-hydrogen) atoms. The zero-order valence-corrected chi connectivity index (χ0v) is 16.5. The number of guanidine groups is 1. The third-order valence-electron chi connectivity index (χ3n) is 4.29. The number of piperidine rings is 1. The number of sulfonamides is 1. The number of primary amides is 1. The molecule has 3 N–H and O–H groups in total. The molecular weight excluding hydrogens is 342 g/mol. The lowest BCUT2D eigenvalue weighted by Crippen LogP contribution is -2.47. The predicted octanol–water partition coefficient (Wildman–Crippen LogP) is 0.211. The zero-order valence-electron chi connectivity index (χ0n) is 15.7. The number of nitrogens with zero attached hydrogens (tertiary/aromatic N) is 3. The summed E-state index contributed by atoms with van der Waals surface area (Å²) in [5.41, 5.74) is 5.32. The first-order valence-electron chi connectivity index (χ1n) is 9.04. The fraction of sp³-hybridized carbons (Fsp3) is 0.875. The van der Waals surface area contributed by atoms with Crippen molar-refractivity contribution in [3.05, 3.63) is 0 Å².